The Morgan fingerprint density at radius 3 is 2.74 bits per heavy atom. The Bertz CT molecular complexity index is 412. The monoisotopic (exact) mass is 266 g/mol. The summed E-state index contributed by atoms with van der Waals surface area (Å²) < 4.78 is 11.8. The lowest BCUT2D eigenvalue weighted by molar-refractivity contribution is -0.231. The molecule has 1 aliphatic heterocycles. The molecule has 3 nitrogen and oxygen atoms in total. The summed E-state index contributed by atoms with van der Waals surface area (Å²) in [5.74, 6) is 0.782. The molecule has 19 heavy (non-hydrogen) atoms. The van der Waals surface area contributed by atoms with E-state index in [-0.39, 0.29) is 6.61 Å². The summed E-state index contributed by atoms with van der Waals surface area (Å²) >= 11 is 0. The highest BCUT2D eigenvalue weighted by molar-refractivity contribution is 5.30. The number of hydrogen-bond acceptors (Lipinski definition) is 3. The molecule has 0 spiro atoms. The zero-order valence-electron chi connectivity index (χ0n) is 12.5. The van der Waals surface area contributed by atoms with E-state index < -0.39 is 5.79 Å². The number of allylic oxidation sites excluding steroid dienone is 1. The van der Waals surface area contributed by atoms with Crippen LogP contribution in [0.2, 0.25) is 0 Å². The maximum Gasteiger partial charge on any atom is 0.171 e. The van der Waals surface area contributed by atoms with Gasteiger partial charge in [-0.15, -0.1) is 0 Å². The third kappa shape index (κ3) is 1.90. The van der Waals surface area contributed by atoms with Crippen molar-refractivity contribution in [3.05, 3.63) is 11.1 Å². The first-order valence-corrected chi connectivity index (χ1v) is 7.44. The van der Waals surface area contributed by atoms with Gasteiger partial charge in [0.25, 0.3) is 0 Å². The minimum absolute atomic E-state index is 0.183. The van der Waals surface area contributed by atoms with Crippen LogP contribution < -0.4 is 0 Å². The van der Waals surface area contributed by atoms with Gasteiger partial charge in [0.1, 0.15) is 0 Å². The predicted molar refractivity (Wildman–Crippen MR) is 73.6 cm³/mol. The van der Waals surface area contributed by atoms with Crippen molar-refractivity contribution in [3.8, 4) is 0 Å². The highest BCUT2D eigenvalue weighted by Gasteiger charge is 2.55. The first kappa shape index (κ1) is 13.6. The Kier molecular flexibility index (Phi) is 3.08. The Balaban J connectivity index is 2.07. The molecule has 1 N–H and O–H groups in total. The summed E-state index contributed by atoms with van der Waals surface area (Å²) in [6, 6.07) is 0. The van der Waals surface area contributed by atoms with Crippen molar-refractivity contribution in [3.63, 3.8) is 0 Å². The van der Waals surface area contributed by atoms with Crippen LogP contribution in [-0.4, -0.2) is 31.2 Å². The van der Waals surface area contributed by atoms with Gasteiger partial charge in [-0.25, -0.2) is 0 Å². The fraction of sp³-hybridized carbons (Fsp3) is 0.875. The Labute approximate surface area is 116 Å². The van der Waals surface area contributed by atoms with Gasteiger partial charge in [-0.05, 0) is 29.7 Å². The summed E-state index contributed by atoms with van der Waals surface area (Å²) in [5, 5.41) is 9.84. The minimum Gasteiger partial charge on any atom is -0.392 e. The molecule has 0 aromatic carbocycles. The van der Waals surface area contributed by atoms with Crippen molar-refractivity contribution >= 4 is 0 Å². The topological polar surface area (TPSA) is 38.7 Å². The zero-order chi connectivity index (χ0) is 13.8. The van der Waals surface area contributed by atoms with E-state index in [1.807, 2.05) is 0 Å². The van der Waals surface area contributed by atoms with Crippen LogP contribution in [0.1, 0.15) is 40.0 Å². The van der Waals surface area contributed by atoms with Crippen LogP contribution in [-0.2, 0) is 9.47 Å². The van der Waals surface area contributed by atoms with Gasteiger partial charge in [-0.3, -0.25) is 0 Å². The normalized spacial score (nSPS) is 44.4. The first-order valence-electron chi connectivity index (χ1n) is 7.44. The summed E-state index contributed by atoms with van der Waals surface area (Å²) in [7, 11) is 1.77. The SMILES string of the molecule is CO[C@]12C[C@H](CO1)C(CO)=C1CC(C)(C)C[C@@H]1[C@@H]2C. The molecule has 4 atom stereocenters. The second kappa shape index (κ2) is 4.31. The molecule has 0 amide bonds. The second-order valence-corrected chi connectivity index (χ2v) is 7.38. The molecule has 108 valence electrons. The van der Waals surface area contributed by atoms with Gasteiger partial charge in [0.2, 0.25) is 0 Å². The molecule has 2 aliphatic carbocycles. The van der Waals surface area contributed by atoms with E-state index in [2.05, 4.69) is 20.8 Å². The molecule has 2 bridgehead atoms. The Morgan fingerprint density at radius 1 is 1.37 bits per heavy atom. The molecular formula is C16H26O3. The average Bonchev–Trinajstić information content (AvgIpc) is 2.90. The van der Waals surface area contributed by atoms with E-state index >= 15 is 0 Å². The lowest BCUT2D eigenvalue weighted by atomic mass is 9.81. The van der Waals surface area contributed by atoms with Gasteiger partial charge in [0, 0.05) is 25.4 Å². The van der Waals surface area contributed by atoms with Crippen LogP contribution in [0.15, 0.2) is 11.1 Å². The van der Waals surface area contributed by atoms with Crippen LogP contribution in [0.3, 0.4) is 0 Å². The number of methoxy groups -OCH3 is 1. The quantitative estimate of drug-likeness (QED) is 0.781. The fourth-order valence-corrected chi connectivity index (χ4v) is 4.64. The summed E-state index contributed by atoms with van der Waals surface area (Å²) in [6.45, 7) is 7.81. The third-order valence-corrected chi connectivity index (χ3v) is 5.67. The second-order valence-electron chi connectivity index (χ2n) is 7.38. The standard InChI is InChI=1S/C16H26O3/c1-10-12-6-15(2,3)7-13(12)14(8-17)11-5-16(10,18-4)19-9-11/h10-12,17H,5-9H2,1-4H3/t10-,11+,12+,16+/m0/s1. The predicted octanol–water partition coefficient (Wildman–Crippen LogP) is 2.74. The van der Waals surface area contributed by atoms with Gasteiger partial charge in [0.15, 0.2) is 5.79 Å². The van der Waals surface area contributed by atoms with Crippen molar-refractivity contribution in [2.75, 3.05) is 20.3 Å². The van der Waals surface area contributed by atoms with Gasteiger partial charge in [-0.2, -0.15) is 0 Å². The van der Waals surface area contributed by atoms with Gasteiger partial charge in [-0.1, -0.05) is 26.3 Å². The molecule has 0 aromatic heterocycles. The lowest BCUT2D eigenvalue weighted by Crippen LogP contribution is -2.41. The number of aliphatic hydroxyl groups is 1. The highest BCUT2D eigenvalue weighted by Crippen LogP contribution is 2.57. The average molecular weight is 266 g/mol. The largest absolute Gasteiger partial charge is 0.392 e. The number of aliphatic hydroxyl groups excluding tert-OH is 1. The van der Waals surface area contributed by atoms with E-state index in [1.54, 1.807) is 7.11 Å². The summed E-state index contributed by atoms with van der Waals surface area (Å²) in [6.07, 6.45) is 3.20. The lowest BCUT2D eigenvalue weighted by Gasteiger charge is -2.37. The maximum absolute atomic E-state index is 9.84. The van der Waals surface area contributed by atoms with E-state index in [0.717, 1.165) is 12.8 Å². The van der Waals surface area contributed by atoms with E-state index in [0.29, 0.717) is 29.8 Å². The van der Waals surface area contributed by atoms with Crippen LogP contribution in [0.5, 0.6) is 0 Å². The van der Waals surface area contributed by atoms with E-state index in [1.165, 1.54) is 17.6 Å². The molecule has 3 heteroatoms. The molecule has 3 rings (SSSR count). The minimum atomic E-state index is -0.433. The van der Waals surface area contributed by atoms with E-state index in [9.17, 15) is 5.11 Å². The molecular weight excluding hydrogens is 240 g/mol. The maximum atomic E-state index is 9.84. The van der Waals surface area contributed by atoms with Crippen molar-refractivity contribution in [1.29, 1.82) is 0 Å². The number of ether oxygens (including phenoxy) is 2. The van der Waals surface area contributed by atoms with Crippen molar-refractivity contribution < 1.29 is 14.6 Å². The van der Waals surface area contributed by atoms with Gasteiger partial charge < -0.3 is 14.6 Å². The molecule has 0 unspecified atom stereocenters. The van der Waals surface area contributed by atoms with Crippen LogP contribution in [0, 0.1) is 23.2 Å². The van der Waals surface area contributed by atoms with Crippen LogP contribution in [0.25, 0.3) is 0 Å². The van der Waals surface area contributed by atoms with Crippen LogP contribution >= 0.6 is 0 Å². The Hall–Kier alpha value is -0.380. The molecule has 1 heterocycles. The number of fused-ring (bicyclic) bond motifs is 3. The fourth-order valence-electron chi connectivity index (χ4n) is 4.64. The van der Waals surface area contributed by atoms with Crippen molar-refractivity contribution in [2.24, 2.45) is 23.2 Å². The van der Waals surface area contributed by atoms with Crippen molar-refractivity contribution in [1.82, 2.24) is 0 Å². The van der Waals surface area contributed by atoms with Gasteiger partial charge >= 0.3 is 0 Å². The third-order valence-electron chi connectivity index (χ3n) is 5.67. The molecule has 1 saturated carbocycles. The van der Waals surface area contributed by atoms with Gasteiger partial charge in [0.05, 0.1) is 13.2 Å². The molecule has 0 radical (unpaired) electrons. The zero-order valence-corrected chi connectivity index (χ0v) is 12.5. The molecule has 3 aliphatic rings. The smallest absolute Gasteiger partial charge is 0.171 e. The number of rotatable bonds is 2. The van der Waals surface area contributed by atoms with Crippen LogP contribution in [0.4, 0.5) is 0 Å². The first-order chi connectivity index (χ1) is 8.92. The summed E-state index contributed by atoms with van der Waals surface area (Å²) in [4.78, 5) is 0. The van der Waals surface area contributed by atoms with E-state index in [4.69, 9.17) is 9.47 Å². The molecule has 2 fully saturated rings. The summed E-state index contributed by atoms with van der Waals surface area (Å²) in [5.41, 5.74) is 3.09. The molecule has 0 aromatic rings. The highest BCUT2D eigenvalue weighted by atomic mass is 16.7. The number of hydrogen-bond donors (Lipinski definition) is 1. The van der Waals surface area contributed by atoms with Crippen molar-refractivity contribution in [2.45, 2.75) is 45.8 Å². The molecule has 1 saturated heterocycles. The Morgan fingerprint density at radius 2 is 2.11 bits per heavy atom.